The second kappa shape index (κ2) is 25.9. The molecule has 0 bridgehead atoms. The number of benzene rings is 4. The molecule has 4 aliphatic rings. The summed E-state index contributed by atoms with van der Waals surface area (Å²) in [6.07, 6.45) is 1.77. The molecule has 1 amide bonds. The highest BCUT2D eigenvalue weighted by molar-refractivity contribution is 6.45. The minimum atomic E-state index is -1.09. The van der Waals surface area contributed by atoms with E-state index in [9.17, 15) is 29.9 Å². The van der Waals surface area contributed by atoms with Crippen LogP contribution in [-0.4, -0.2) is 164 Å². The molecule has 73 heavy (non-hydrogen) atoms. The van der Waals surface area contributed by atoms with Crippen LogP contribution in [-0.2, 0) is 9.59 Å². The van der Waals surface area contributed by atoms with E-state index in [1.165, 1.54) is 22.3 Å². The van der Waals surface area contributed by atoms with E-state index in [1.807, 2.05) is 14.5 Å². The minimum absolute atomic E-state index is 0.0369. The lowest BCUT2D eigenvalue weighted by atomic mass is 9.78. The molecular formula is C58H86B2N6O7. The summed E-state index contributed by atoms with van der Waals surface area (Å²) in [5.74, 6) is -0.934. The van der Waals surface area contributed by atoms with Crippen molar-refractivity contribution in [2.75, 3.05) is 65.4 Å². The summed E-state index contributed by atoms with van der Waals surface area (Å²) in [6.45, 7) is 24.7. The van der Waals surface area contributed by atoms with Crippen LogP contribution >= 0.6 is 0 Å². The van der Waals surface area contributed by atoms with Gasteiger partial charge in [-0.05, 0) is 98.6 Å². The predicted molar refractivity (Wildman–Crippen MR) is 295 cm³/mol. The second-order valence-corrected chi connectivity index (χ2v) is 23.3. The number of hydrogen-bond acceptors (Lipinski definition) is 11. The highest BCUT2D eigenvalue weighted by Crippen LogP contribution is 2.37. The summed E-state index contributed by atoms with van der Waals surface area (Å²) in [6, 6.07) is 44.1. The Kier molecular flexibility index (Phi) is 20.5. The Hall–Kier alpha value is -4.41. The predicted octanol–water partition coefficient (Wildman–Crippen LogP) is 7.16. The first-order chi connectivity index (χ1) is 34.6. The Bertz CT molecular complexity index is 2190. The van der Waals surface area contributed by atoms with Crippen molar-refractivity contribution in [1.82, 2.24) is 29.6 Å². The number of carbonyl (C=O) groups is 2. The molecule has 6 N–H and O–H groups in total. The number of carboxylic acid groups (broad SMARTS) is 1. The van der Waals surface area contributed by atoms with Crippen LogP contribution in [0.2, 0.25) is 13.6 Å². The van der Waals surface area contributed by atoms with Crippen LogP contribution < -0.4 is 5.32 Å². The van der Waals surface area contributed by atoms with E-state index >= 15 is 0 Å². The summed E-state index contributed by atoms with van der Waals surface area (Å²) in [5, 5.41) is 52.5. The van der Waals surface area contributed by atoms with E-state index in [4.69, 9.17) is 5.11 Å². The van der Waals surface area contributed by atoms with E-state index in [2.05, 4.69) is 178 Å². The molecule has 4 fully saturated rings. The number of carboxylic acids is 1. The number of nitrogens with zero attached hydrogens (tertiary/aromatic N) is 5. The molecule has 15 heteroatoms. The summed E-state index contributed by atoms with van der Waals surface area (Å²) in [5.41, 5.74) is 3.36. The van der Waals surface area contributed by atoms with Gasteiger partial charge in [-0.1, -0.05) is 163 Å². The van der Waals surface area contributed by atoms with Gasteiger partial charge in [0.15, 0.2) is 0 Å². The highest BCUT2D eigenvalue weighted by Gasteiger charge is 2.44. The topological polar surface area (TPSA) is 164 Å². The fraction of sp³-hybridized carbons (Fsp3) is 0.552. The monoisotopic (exact) mass is 1000 g/mol. The van der Waals surface area contributed by atoms with E-state index in [0.29, 0.717) is 70.5 Å². The SMILES string of the molecule is CB(O)N1CCC(O)(CC(=O)N2CCN(C(c3ccccc3)c3ccccc3)C[C@@H]2C(C)(C)C)CC1.CB(O)N1CCC(O)(CC(=O)O)CC1.CC(C)(C)[C@H]1CN(C(c2ccccc2)c2ccccc2)CCN1. The molecule has 4 aliphatic heterocycles. The number of rotatable bonds is 12. The van der Waals surface area contributed by atoms with Gasteiger partial charge in [0.2, 0.25) is 5.91 Å². The van der Waals surface area contributed by atoms with Crippen LogP contribution in [0.25, 0.3) is 0 Å². The zero-order valence-electron chi connectivity index (χ0n) is 45.1. The Morgan fingerprint density at radius 1 is 0.562 bits per heavy atom. The molecule has 4 aromatic carbocycles. The van der Waals surface area contributed by atoms with Crippen molar-refractivity contribution in [3.63, 3.8) is 0 Å². The molecular weight excluding hydrogens is 914 g/mol. The average molecular weight is 1000 g/mol. The Morgan fingerprint density at radius 3 is 1.27 bits per heavy atom. The van der Waals surface area contributed by atoms with Crippen molar-refractivity contribution < 1.29 is 35.0 Å². The lowest BCUT2D eigenvalue weighted by molar-refractivity contribution is -0.147. The third-order valence-electron chi connectivity index (χ3n) is 15.7. The maximum absolute atomic E-state index is 13.6. The van der Waals surface area contributed by atoms with Crippen molar-refractivity contribution in [2.24, 2.45) is 10.8 Å². The molecule has 0 spiro atoms. The maximum atomic E-state index is 13.6. The Morgan fingerprint density at radius 2 is 0.932 bits per heavy atom. The van der Waals surface area contributed by atoms with Crippen molar-refractivity contribution >= 4 is 26.0 Å². The van der Waals surface area contributed by atoms with Gasteiger partial charge in [-0.25, -0.2) is 0 Å². The number of carbonyl (C=O) groups excluding carboxylic acids is 1. The normalized spacial score (nSPS) is 21.1. The summed E-state index contributed by atoms with van der Waals surface area (Å²) < 4.78 is 0. The summed E-state index contributed by atoms with van der Waals surface area (Å²) >= 11 is 0. The van der Waals surface area contributed by atoms with Gasteiger partial charge in [-0.3, -0.25) is 19.4 Å². The smallest absolute Gasteiger partial charge is 0.376 e. The third-order valence-corrected chi connectivity index (χ3v) is 15.7. The van der Waals surface area contributed by atoms with Crippen LogP contribution in [0.1, 0.15) is 114 Å². The zero-order chi connectivity index (χ0) is 53.0. The number of hydrogen-bond donors (Lipinski definition) is 6. The standard InChI is InChI=1S/C29H42BN3O3.C21H28N2.C8H16BNO4/c1-28(2,3)25-22-31(27(23-11-7-5-8-12-23)24-13-9-6-10-14-24)19-20-33(25)26(34)21-29(35)15-17-32(18-16-29)30(4)36;1-21(2,3)19-16-23(15-14-22-19)20(17-10-6-4-7-11-17)18-12-8-5-9-13-18;1-9(14)10-4-2-8(13,3-5-10)6-7(11)12/h5-14,25,27,35-36H,15-22H2,1-4H3;4-13,19-20,22H,14-16H2,1-3H3;13-14H,2-6H2,1H3,(H,11,12)/t25-;19-;/m11./s1. The first kappa shape index (κ1) is 57.9. The second-order valence-electron chi connectivity index (χ2n) is 23.3. The Balaban J connectivity index is 0.000000200. The fourth-order valence-electron chi connectivity index (χ4n) is 11.1. The van der Waals surface area contributed by atoms with Crippen molar-refractivity contribution in [3.05, 3.63) is 144 Å². The number of aliphatic hydroxyl groups is 2. The van der Waals surface area contributed by atoms with Gasteiger partial charge in [0.05, 0.1) is 36.1 Å². The van der Waals surface area contributed by atoms with Gasteiger partial charge in [0.1, 0.15) is 0 Å². The molecule has 4 saturated heterocycles. The molecule has 13 nitrogen and oxygen atoms in total. The van der Waals surface area contributed by atoms with Gasteiger partial charge in [0.25, 0.3) is 0 Å². The number of amides is 1. The molecule has 0 radical (unpaired) electrons. The van der Waals surface area contributed by atoms with E-state index in [0.717, 1.165) is 32.7 Å². The third kappa shape index (κ3) is 16.5. The molecule has 8 rings (SSSR count). The quantitative estimate of drug-likeness (QED) is 0.0797. The minimum Gasteiger partial charge on any atom is -0.481 e. The van der Waals surface area contributed by atoms with E-state index in [-0.39, 0.29) is 41.7 Å². The number of nitrogens with one attached hydrogen (secondary N) is 1. The van der Waals surface area contributed by atoms with Crippen molar-refractivity contribution in [2.45, 2.75) is 129 Å². The van der Waals surface area contributed by atoms with Crippen LogP contribution in [0, 0.1) is 10.8 Å². The molecule has 396 valence electrons. The molecule has 4 aromatic rings. The molecule has 0 unspecified atom stereocenters. The van der Waals surface area contributed by atoms with Crippen molar-refractivity contribution in [3.8, 4) is 0 Å². The Labute approximate surface area is 437 Å². The van der Waals surface area contributed by atoms with Gasteiger partial charge in [-0.15, -0.1) is 0 Å². The first-order valence-electron chi connectivity index (χ1n) is 26.8. The maximum Gasteiger partial charge on any atom is 0.376 e. The largest absolute Gasteiger partial charge is 0.481 e. The molecule has 0 saturated carbocycles. The molecule has 4 heterocycles. The molecule has 0 aliphatic carbocycles. The molecule has 0 aromatic heterocycles. The van der Waals surface area contributed by atoms with Gasteiger partial charge in [-0.2, -0.15) is 0 Å². The van der Waals surface area contributed by atoms with E-state index < -0.39 is 31.3 Å². The highest BCUT2D eigenvalue weighted by atomic mass is 16.4. The van der Waals surface area contributed by atoms with E-state index in [1.54, 1.807) is 13.6 Å². The van der Waals surface area contributed by atoms with Gasteiger partial charge >= 0.3 is 20.1 Å². The van der Waals surface area contributed by atoms with Crippen LogP contribution in [0.3, 0.4) is 0 Å². The van der Waals surface area contributed by atoms with Crippen LogP contribution in [0.4, 0.5) is 0 Å². The number of piperidine rings is 2. The summed E-state index contributed by atoms with van der Waals surface area (Å²) in [4.78, 5) is 35.1. The zero-order valence-corrected chi connectivity index (χ0v) is 45.1. The summed E-state index contributed by atoms with van der Waals surface area (Å²) in [7, 11) is -1.05. The lowest BCUT2D eigenvalue weighted by Gasteiger charge is -2.50. The molecule has 2 atom stereocenters. The fourth-order valence-corrected chi connectivity index (χ4v) is 11.1. The number of piperazine rings is 2. The number of aliphatic carboxylic acids is 1. The first-order valence-corrected chi connectivity index (χ1v) is 26.8. The van der Waals surface area contributed by atoms with Gasteiger partial charge in [0, 0.05) is 51.4 Å². The van der Waals surface area contributed by atoms with Crippen molar-refractivity contribution in [1.29, 1.82) is 0 Å². The van der Waals surface area contributed by atoms with Gasteiger partial charge < -0.3 is 45.2 Å². The lowest BCUT2D eigenvalue weighted by Crippen LogP contribution is -2.61. The van der Waals surface area contributed by atoms with Crippen LogP contribution in [0.5, 0.6) is 0 Å². The average Bonchev–Trinajstić information content (AvgIpc) is 3.35. The van der Waals surface area contributed by atoms with Crippen LogP contribution in [0.15, 0.2) is 121 Å².